The van der Waals surface area contributed by atoms with Crippen molar-refractivity contribution < 1.29 is 19.1 Å². The van der Waals surface area contributed by atoms with E-state index in [9.17, 15) is 14.4 Å². The van der Waals surface area contributed by atoms with Crippen molar-refractivity contribution in [2.24, 2.45) is 5.92 Å². The molecule has 142 valence electrons. The van der Waals surface area contributed by atoms with Crippen LogP contribution in [-0.2, 0) is 9.53 Å². The van der Waals surface area contributed by atoms with Crippen molar-refractivity contribution >= 4 is 50.9 Å². The molecule has 3 rings (SSSR count). The molecule has 0 aliphatic carbocycles. The quantitative estimate of drug-likeness (QED) is 0.720. The third-order valence-electron chi connectivity index (χ3n) is 4.26. The SMILES string of the molecule is COC(=O)c1ccc(C(=O)N2CCCC(C(=O)Nc3ccc(Br)cn3)C2)s1. The van der Waals surface area contributed by atoms with Gasteiger partial charge in [0.15, 0.2) is 0 Å². The van der Waals surface area contributed by atoms with E-state index in [1.54, 1.807) is 35.4 Å². The zero-order valence-corrected chi connectivity index (χ0v) is 17.0. The Balaban J connectivity index is 1.63. The average Bonchev–Trinajstić information content (AvgIpc) is 3.19. The number of likely N-dealkylation sites (tertiary alicyclic amines) is 1. The smallest absolute Gasteiger partial charge is 0.348 e. The number of carbonyl (C=O) groups is 3. The van der Waals surface area contributed by atoms with Gasteiger partial charge in [0.1, 0.15) is 10.7 Å². The third kappa shape index (κ3) is 4.72. The van der Waals surface area contributed by atoms with E-state index in [4.69, 9.17) is 0 Å². The molecule has 2 aromatic rings. The standard InChI is InChI=1S/C18H18BrN3O4S/c1-26-18(25)14-6-5-13(27-14)17(24)22-8-2-3-11(10-22)16(23)21-15-7-4-12(19)9-20-15/h4-7,9,11H,2-3,8,10H2,1H3,(H,20,21,23). The predicted octanol–water partition coefficient (Wildman–Crippen LogP) is 3.18. The highest BCUT2D eigenvalue weighted by atomic mass is 79.9. The second kappa shape index (κ2) is 8.62. The Labute approximate surface area is 168 Å². The zero-order chi connectivity index (χ0) is 19.4. The maximum absolute atomic E-state index is 12.7. The fraction of sp³-hybridized carbons (Fsp3) is 0.333. The van der Waals surface area contributed by atoms with Gasteiger partial charge in [-0.25, -0.2) is 9.78 Å². The van der Waals surface area contributed by atoms with Crippen LogP contribution in [-0.4, -0.2) is 47.9 Å². The van der Waals surface area contributed by atoms with Crippen molar-refractivity contribution in [1.29, 1.82) is 0 Å². The average molecular weight is 452 g/mol. The van der Waals surface area contributed by atoms with Crippen LogP contribution >= 0.6 is 27.3 Å². The fourth-order valence-electron chi connectivity index (χ4n) is 2.87. The molecule has 27 heavy (non-hydrogen) atoms. The number of rotatable bonds is 4. The van der Waals surface area contributed by atoms with Gasteiger partial charge in [0.2, 0.25) is 5.91 Å². The molecule has 1 N–H and O–H groups in total. The van der Waals surface area contributed by atoms with Crippen molar-refractivity contribution in [2.75, 3.05) is 25.5 Å². The van der Waals surface area contributed by atoms with Crippen molar-refractivity contribution in [3.05, 3.63) is 44.7 Å². The van der Waals surface area contributed by atoms with E-state index < -0.39 is 5.97 Å². The highest BCUT2D eigenvalue weighted by Crippen LogP contribution is 2.24. The van der Waals surface area contributed by atoms with E-state index in [0.29, 0.717) is 35.1 Å². The van der Waals surface area contributed by atoms with E-state index in [1.165, 1.54) is 7.11 Å². The lowest BCUT2D eigenvalue weighted by atomic mass is 9.97. The molecule has 2 amide bonds. The number of halogens is 1. The van der Waals surface area contributed by atoms with Crippen LogP contribution in [0.5, 0.6) is 0 Å². The first kappa shape index (κ1) is 19.5. The van der Waals surface area contributed by atoms with Crippen LogP contribution in [0.1, 0.15) is 32.2 Å². The van der Waals surface area contributed by atoms with Gasteiger partial charge < -0.3 is 15.0 Å². The number of nitrogens with one attached hydrogen (secondary N) is 1. The van der Waals surface area contributed by atoms with Crippen LogP contribution in [0, 0.1) is 5.92 Å². The van der Waals surface area contributed by atoms with Gasteiger partial charge in [-0.15, -0.1) is 11.3 Å². The summed E-state index contributed by atoms with van der Waals surface area (Å²) in [6, 6.07) is 6.72. The van der Waals surface area contributed by atoms with Gasteiger partial charge in [0.05, 0.1) is 17.9 Å². The Hall–Kier alpha value is -2.26. The van der Waals surface area contributed by atoms with Gasteiger partial charge in [-0.3, -0.25) is 9.59 Å². The number of nitrogens with zero attached hydrogens (tertiary/aromatic N) is 2. The number of ether oxygens (including phenoxy) is 1. The first-order valence-electron chi connectivity index (χ1n) is 8.38. The highest BCUT2D eigenvalue weighted by Gasteiger charge is 2.30. The number of aromatic nitrogens is 1. The number of anilines is 1. The number of hydrogen-bond donors (Lipinski definition) is 1. The van der Waals surface area contributed by atoms with Crippen LogP contribution in [0.25, 0.3) is 0 Å². The van der Waals surface area contributed by atoms with Crippen molar-refractivity contribution in [2.45, 2.75) is 12.8 Å². The maximum atomic E-state index is 12.7. The Morgan fingerprint density at radius 3 is 2.74 bits per heavy atom. The lowest BCUT2D eigenvalue weighted by molar-refractivity contribution is -0.121. The normalized spacial score (nSPS) is 16.7. The minimum atomic E-state index is -0.461. The van der Waals surface area contributed by atoms with Crippen LogP contribution in [0.2, 0.25) is 0 Å². The number of hydrogen-bond acceptors (Lipinski definition) is 6. The summed E-state index contributed by atoms with van der Waals surface area (Å²) in [4.78, 5) is 43.5. The van der Waals surface area contributed by atoms with E-state index in [1.807, 2.05) is 0 Å². The second-order valence-corrected chi connectivity index (χ2v) is 8.10. The molecule has 1 fully saturated rings. The molecule has 1 aliphatic heterocycles. The number of thiophene rings is 1. The lowest BCUT2D eigenvalue weighted by Gasteiger charge is -2.31. The summed E-state index contributed by atoms with van der Waals surface area (Å²) in [6.45, 7) is 0.928. The molecule has 1 unspecified atom stereocenters. The third-order valence-corrected chi connectivity index (χ3v) is 5.78. The van der Waals surface area contributed by atoms with Gasteiger partial charge in [0, 0.05) is 23.8 Å². The number of esters is 1. The summed E-state index contributed by atoms with van der Waals surface area (Å²) in [5.74, 6) is -0.601. The Morgan fingerprint density at radius 1 is 1.26 bits per heavy atom. The van der Waals surface area contributed by atoms with Crippen LogP contribution in [0.15, 0.2) is 34.9 Å². The summed E-state index contributed by atoms with van der Waals surface area (Å²) >= 11 is 4.40. The first-order valence-corrected chi connectivity index (χ1v) is 9.98. The maximum Gasteiger partial charge on any atom is 0.348 e. The summed E-state index contributed by atoms with van der Waals surface area (Å²) in [5, 5.41) is 2.80. The Bertz CT molecular complexity index is 853. The molecule has 2 aromatic heterocycles. The summed E-state index contributed by atoms with van der Waals surface area (Å²) < 4.78 is 5.50. The minimum absolute atomic E-state index is 0.149. The van der Waals surface area contributed by atoms with E-state index in [-0.39, 0.29) is 17.7 Å². The van der Waals surface area contributed by atoms with Crippen molar-refractivity contribution in [1.82, 2.24) is 9.88 Å². The van der Waals surface area contributed by atoms with E-state index in [2.05, 4.69) is 31.0 Å². The van der Waals surface area contributed by atoms with E-state index in [0.717, 1.165) is 22.2 Å². The molecular weight excluding hydrogens is 434 g/mol. The minimum Gasteiger partial charge on any atom is -0.465 e. The molecule has 0 bridgehead atoms. The number of piperidine rings is 1. The first-order chi connectivity index (χ1) is 13.0. The Kier molecular flexibility index (Phi) is 6.22. The molecule has 7 nitrogen and oxygen atoms in total. The van der Waals surface area contributed by atoms with Gasteiger partial charge in [-0.05, 0) is 53.0 Å². The van der Waals surface area contributed by atoms with E-state index >= 15 is 0 Å². The van der Waals surface area contributed by atoms with Crippen LogP contribution < -0.4 is 5.32 Å². The summed E-state index contributed by atoms with van der Waals surface area (Å²) in [5.41, 5.74) is 0. The summed E-state index contributed by atoms with van der Waals surface area (Å²) in [7, 11) is 1.30. The van der Waals surface area contributed by atoms with Gasteiger partial charge in [-0.2, -0.15) is 0 Å². The molecule has 0 spiro atoms. The molecule has 9 heteroatoms. The topological polar surface area (TPSA) is 88.6 Å². The molecule has 0 radical (unpaired) electrons. The second-order valence-electron chi connectivity index (χ2n) is 6.10. The van der Waals surface area contributed by atoms with Crippen molar-refractivity contribution in [3.8, 4) is 0 Å². The number of pyridine rings is 1. The van der Waals surface area contributed by atoms with Crippen molar-refractivity contribution in [3.63, 3.8) is 0 Å². The summed E-state index contributed by atoms with van der Waals surface area (Å²) in [6.07, 6.45) is 3.07. The lowest BCUT2D eigenvalue weighted by Crippen LogP contribution is -2.43. The molecular formula is C18H18BrN3O4S. The van der Waals surface area contributed by atoms with Gasteiger partial charge in [-0.1, -0.05) is 0 Å². The Morgan fingerprint density at radius 2 is 2.04 bits per heavy atom. The number of methoxy groups -OCH3 is 1. The number of amides is 2. The van der Waals surface area contributed by atoms with Gasteiger partial charge >= 0.3 is 5.97 Å². The largest absolute Gasteiger partial charge is 0.465 e. The monoisotopic (exact) mass is 451 g/mol. The molecule has 1 atom stereocenters. The number of carbonyl (C=O) groups excluding carboxylic acids is 3. The molecule has 0 aromatic carbocycles. The molecule has 3 heterocycles. The highest BCUT2D eigenvalue weighted by molar-refractivity contribution is 9.10. The molecule has 0 saturated carbocycles. The molecule has 1 saturated heterocycles. The molecule has 1 aliphatic rings. The van der Waals surface area contributed by atoms with Gasteiger partial charge in [0.25, 0.3) is 5.91 Å². The fourth-order valence-corrected chi connectivity index (χ4v) is 4.00. The predicted molar refractivity (Wildman–Crippen MR) is 105 cm³/mol. The van der Waals surface area contributed by atoms with Crippen LogP contribution in [0.3, 0.4) is 0 Å². The van der Waals surface area contributed by atoms with Crippen LogP contribution in [0.4, 0.5) is 5.82 Å². The zero-order valence-electron chi connectivity index (χ0n) is 14.6.